The van der Waals surface area contributed by atoms with Gasteiger partial charge in [-0.1, -0.05) is 0 Å². The lowest BCUT2D eigenvalue weighted by atomic mass is 9.81. The van der Waals surface area contributed by atoms with Crippen LogP contribution in [0.25, 0.3) is 22.2 Å². The molecule has 4 rings (SSSR count). The average molecular weight is 308 g/mol. The number of likely N-dealkylation sites (tertiary alicyclic amines) is 1. The van der Waals surface area contributed by atoms with E-state index in [9.17, 15) is 0 Å². The first-order chi connectivity index (χ1) is 11.2. The molecule has 0 unspecified atom stereocenters. The van der Waals surface area contributed by atoms with Crippen LogP contribution in [0.3, 0.4) is 0 Å². The molecule has 0 bridgehead atoms. The molecule has 0 amide bonds. The second kappa shape index (κ2) is 5.40. The van der Waals surface area contributed by atoms with E-state index in [0.717, 1.165) is 53.7 Å². The summed E-state index contributed by atoms with van der Waals surface area (Å²) in [5.74, 6) is 0. The molecule has 1 saturated heterocycles. The Labute approximate surface area is 134 Å². The zero-order chi connectivity index (χ0) is 15.9. The van der Waals surface area contributed by atoms with Gasteiger partial charge >= 0.3 is 0 Å². The summed E-state index contributed by atoms with van der Waals surface area (Å²) in [5.41, 5.74) is 10.5. The normalized spacial score (nSPS) is 22.5. The number of pyridine rings is 1. The maximum Gasteiger partial charge on any atom is 0.138 e. The summed E-state index contributed by atoms with van der Waals surface area (Å²) in [6, 6.07) is 2.06. The van der Waals surface area contributed by atoms with Crippen molar-refractivity contribution in [3.05, 3.63) is 42.7 Å². The summed E-state index contributed by atoms with van der Waals surface area (Å²) in [4.78, 5) is 18.3. The van der Waals surface area contributed by atoms with E-state index in [-0.39, 0.29) is 5.54 Å². The van der Waals surface area contributed by atoms with E-state index < -0.39 is 0 Å². The standard InChI is InChI=1S/C17H20N6/c1-23-6-2-4-17(18,10-23)14-3-5-21-16-15(14)13(9-22-16)12-7-19-11-20-8-12/h3,5,7-9,11H,2,4,6,10,18H2,1H3,(H,21,22)/t17-/m1/s1. The molecule has 1 aliphatic heterocycles. The van der Waals surface area contributed by atoms with Gasteiger partial charge in [-0.3, -0.25) is 0 Å². The number of nitrogens with zero attached hydrogens (tertiary/aromatic N) is 4. The molecule has 0 aromatic carbocycles. The maximum absolute atomic E-state index is 6.83. The fourth-order valence-electron chi connectivity index (χ4n) is 3.66. The van der Waals surface area contributed by atoms with Crippen molar-refractivity contribution < 1.29 is 0 Å². The van der Waals surface area contributed by atoms with Gasteiger partial charge in [-0.2, -0.15) is 0 Å². The molecule has 1 aliphatic rings. The van der Waals surface area contributed by atoms with Gasteiger partial charge in [-0.05, 0) is 38.1 Å². The van der Waals surface area contributed by atoms with Crippen LogP contribution in [0, 0.1) is 0 Å². The third kappa shape index (κ3) is 2.40. The number of fused-ring (bicyclic) bond motifs is 1. The summed E-state index contributed by atoms with van der Waals surface area (Å²) in [7, 11) is 2.13. The molecule has 0 spiro atoms. The highest BCUT2D eigenvalue weighted by molar-refractivity contribution is 5.96. The van der Waals surface area contributed by atoms with Crippen molar-refractivity contribution in [2.24, 2.45) is 5.73 Å². The smallest absolute Gasteiger partial charge is 0.138 e. The summed E-state index contributed by atoms with van der Waals surface area (Å²) in [6.45, 7) is 1.95. The van der Waals surface area contributed by atoms with Crippen molar-refractivity contribution in [1.29, 1.82) is 0 Å². The minimum absolute atomic E-state index is 0.360. The SMILES string of the molecule is CN1CCC[C@](N)(c2ccnc3[nH]cc(-c4cncnc4)c23)C1. The van der Waals surface area contributed by atoms with E-state index in [0.29, 0.717) is 0 Å². The van der Waals surface area contributed by atoms with Crippen molar-refractivity contribution in [3.8, 4) is 11.1 Å². The van der Waals surface area contributed by atoms with Crippen molar-refractivity contribution in [3.63, 3.8) is 0 Å². The van der Waals surface area contributed by atoms with Crippen molar-refractivity contribution >= 4 is 11.0 Å². The third-order valence-electron chi connectivity index (χ3n) is 4.70. The third-order valence-corrected chi connectivity index (χ3v) is 4.70. The number of hydrogen-bond donors (Lipinski definition) is 2. The molecule has 3 N–H and O–H groups in total. The Hall–Kier alpha value is -2.31. The van der Waals surface area contributed by atoms with Crippen molar-refractivity contribution in [2.75, 3.05) is 20.1 Å². The number of hydrogen-bond acceptors (Lipinski definition) is 5. The number of H-pyrrole nitrogens is 1. The van der Waals surface area contributed by atoms with Crippen molar-refractivity contribution in [2.45, 2.75) is 18.4 Å². The predicted octanol–water partition coefficient (Wildman–Crippen LogP) is 1.90. The van der Waals surface area contributed by atoms with Gasteiger partial charge in [-0.15, -0.1) is 0 Å². The van der Waals surface area contributed by atoms with Crippen LogP contribution in [0.1, 0.15) is 18.4 Å². The minimum atomic E-state index is -0.360. The van der Waals surface area contributed by atoms with E-state index in [1.165, 1.54) is 6.33 Å². The summed E-state index contributed by atoms with van der Waals surface area (Å²) < 4.78 is 0. The van der Waals surface area contributed by atoms with Crippen LogP contribution in [0.15, 0.2) is 37.2 Å². The molecular formula is C17H20N6. The van der Waals surface area contributed by atoms with Gasteiger partial charge < -0.3 is 15.6 Å². The molecular weight excluding hydrogens is 288 g/mol. The molecule has 23 heavy (non-hydrogen) atoms. The Morgan fingerprint density at radius 3 is 2.91 bits per heavy atom. The van der Waals surface area contributed by atoms with Gasteiger partial charge in [0.05, 0.1) is 5.54 Å². The Morgan fingerprint density at radius 1 is 1.30 bits per heavy atom. The second-order valence-corrected chi connectivity index (χ2v) is 6.41. The molecule has 4 heterocycles. The van der Waals surface area contributed by atoms with Gasteiger partial charge in [0.2, 0.25) is 0 Å². The molecule has 0 radical (unpaired) electrons. The van der Waals surface area contributed by atoms with Gasteiger partial charge in [0.15, 0.2) is 0 Å². The van der Waals surface area contributed by atoms with Crippen LogP contribution in [0.5, 0.6) is 0 Å². The van der Waals surface area contributed by atoms with E-state index in [2.05, 4.69) is 37.9 Å². The molecule has 1 atom stereocenters. The molecule has 0 aliphatic carbocycles. The predicted molar refractivity (Wildman–Crippen MR) is 89.7 cm³/mol. The quantitative estimate of drug-likeness (QED) is 0.755. The van der Waals surface area contributed by atoms with E-state index in [1.807, 2.05) is 24.8 Å². The highest BCUT2D eigenvalue weighted by Crippen LogP contribution is 2.37. The van der Waals surface area contributed by atoms with Crippen LogP contribution in [0.4, 0.5) is 0 Å². The molecule has 1 fully saturated rings. The number of nitrogens with one attached hydrogen (secondary N) is 1. The second-order valence-electron chi connectivity index (χ2n) is 6.41. The van der Waals surface area contributed by atoms with Crippen LogP contribution in [0.2, 0.25) is 0 Å². The van der Waals surface area contributed by atoms with Crippen LogP contribution in [-0.2, 0) is 5.54 Å². The lowest BCUT2D eigenvalue weighted by Crippen LogP contribution is -2.50. The number of rotatable bonds is 2. The maximum atomic E-state index is 6.83. The molecule has 3 aromatic rings. The van der Waals surface area contributed by atoms with E-state index in [1.54, 1.807) is 0 Å². The van der Waals surface area contributed by atoms with Crippen LogP contribution in [-0.4, -0.2) is 45.0 Å². The molecule has 6 heteroatoms. The summed E-state index contributed by atoms with van der Waals surface area (Å²) in [5, 5.41) is 1.08. The summed E-state index contributed by atoms with van der Waals surface area (Å²) >= 11 is 0. The molecule has 6 nitrogen and oxygen atoms in total. The Kier molecular flexibility index (Phi) is 3.36. The van der Waals surface area contributed by atoms with Gasteiger partial charge in [0.25, 0.3) is 0 Å². The highest BCUT2D eigenvalue weighted by Gasteiger charge is 2.34. The minimum Gasteiger partial charge on any atom is -0.346 e. The van der Waals surface area contributed by atoms with Crippen LogP contribution < -0.4 is 5.73 Å². The largest absolute Gasteiger partial charge is 0.346 e. The fraction of sp³-hybridized carbons (Fsp3) is 0.353. The first-order valence-electron chi connectivity index (χ1n) is 7.87. The number of aromatic amines is 1. The topological polar surface area (TPSA) is 83.7 Å². The molecule has 0 saturated carbocycles. The monoisotopic (exact) mass is 308 g/mol. The highest BCUT2D eigenvalue weighted by atomic mass is 15.1. The van der Waals surface area contributed by atoms with Crippen molar-refractivity contribution in [1.82, 2.24) is 24.8 Å². The van der Waals surface area contributed by atoms with Crippen LogP contribution >= 0.6 is 0 Å². The number of likely N-dealkylation sites (N-methyl/N-ethyl adjacent to an activating group) is 1. The number of nitrogens with two attached hydrogens (primary N) is 1. The van der Waals surface area contributed by atoms with Gasteiger partial charge in [0, 0.05) is 47.8 Å². The average Bonchev–Trinajstić information content (AvgIpc) is 2.99. The van der Waals surface area contributed by atoms with Gasteiger partial charge in [0.1, 0.15) is 12.0 Å². The van der Waals surface area contributed by atoms with Gasteiger partial charge in [-0.25, -0.2) is 15.0 Å². The zero-order valence-corrected chi connectivity index (χ0v) is 13.2. The molecule has 118 valence electrons. The number of aromatic nitrogens is 4. The first-order valence-corrected chi connectivity index (χ1v) is 7.87. The lowest BCUT2D eigenvalue weighted by Gasteiger charge is -2.39. The summed E-state index contributed by atoms with van der Waals surface area (Å²) in [6.07, 6.45) is 11.1. The number of piperidine rings is 1. The zero-order valence-electron chi connectivity index (χ0n) is 13.2. The van der Waals surface area contributed by atoms with E-state index in [4.69, 9.17) is 5.73 Å². The fourth-order valence-corrected chi connectivity index (χ4v) is 3.66. The Balaban J connectivity index is 1.92. The Bertz CT molecular complexity index is 827. The molecule has 3 aromatic heterocycles. The first kappa shape index (κ1) is 14.3. The Morgan fingerprint density at radius 2 is 2.13 bits per heavy atom. The van der Waals surface area contributed by atoms with E-state index >= 15 is 0 Å². The lowest BCUT2D eigenvalue weighted by molar-refractivity contribution is 0.180.